The van der Waals surface area contributed by atoms with Crippen LogP contribution in [0.3, 0.4) is 0 Å². The molecule has 0 saturated heterocycles. The van der Waals surface area contributed by atoms with Crippen LogP contribution in [0.4, 0.5) is 0 Å². The zero-order valence-electron chi connectivity index (χ0n) is 4.12. The van der Waals surface area contributed by atoms with Crippen LogP contribution in [0.25, 0.3) is 0 Å². The van der Waals surface area contributed by atoms with Crippen LogP contribution in [0.15, 0.2) is 0 Å². The van der Waals surface area contributed by atoms with Gasteiger partial charge in [0, 0.05) is 114 Å². The molecule has 0 aromatic heterocycles. The molecule has 7 heavy (non-hydrogen) atoms. The average molecular weight is 192 g/mol. The summed E-state index contributed by atoms with van der Waals surface area (Å²) in [6, 6.07) is 0. The fourth-order valence-electron chi connectivity index (χ4n) is 0. The van der Waals surface area contributed by atoms with E-state index >= 15 is 0 Å². The van der Waals surface area contributed by atoms with Crippen molar-refractivity contribution in [2.24, 2.45) is 0 Å². The van der Waals surface area contributed by atoms with E-state index in [9.17, 15) is 0 Å². The maximum absolute atomic E-state index is 9.11. The molecule has 0 heterocycles. The van der Waals surface area contributed by atoms with E-state index in [1.807, 2.05) is 0 Å². The predicted molar refractivity (Wildman–Crippen MR) is 32.3 cm³/mol. The van der Waals surface area contributed by atoms with Crippen molar-refractivity contribution in [3.8, 4) is 0 Å². The smallest absolute Gasteiger partial charge is 0.263 e. The van der Waals surface area contributed by atoms with Gasteiger partial charge in [0.25, 0.3) is 9.05 Å². The number of hydrogen-bond acceptors (Lipinski definition) is 2. The van der Waals surface area contributed by atoms with Gasteiger partial charge in [-0.25, -0.2) is 0 Å². The van der Waals surface area contributed by atoms with E-state index in [4.69, 9.17) is 13.3 Å². The molecule has 2 radical (unpaired) electrons. The monoisotopic (exact) mass is 192 g/mol. The summed E-state index contributed by atoms with van der Waals surface area (Å²) in [6.45, 7) is 0. The van der Waals surface area contributed by atoms with Gasteiger partial charge in [0.2, 0.25) is 0 Å². The molecule has 2 N–H and O–H groups in total. The number of hydrogen-bond donors (Lipinski definition) is 2. The van der Waals surface area contributed by atoms with Crippen LogP contribution in [0, 0.1) is 0 Å². The topological polar surface area (TPSA) is 57.5 Å². The maximum Gasteiger partial charge on any atom is 0.263 e. The van der Waals surface area contributed by atoms with Crippen molar-refractivity contribution < 1.29 is 13.3 Å². The molecule has 34 valence electrons. The Morgan fingerprint density at radius 1 is 1.29 bits per heavy atom. The second-order valence-corrected chi connectivity index (χ2v) is 2.65. The van der Waals surface area contributed by atoms with Gasteiger partial charge in [-0.1, -0.05) is 0 Å². The molecular formula is H2K2O3S2. The van der Waals surface area contributed by atoms with Crippen LogP contribution >= 0.6 is 0 Å². The molecular weight excluding hydrogens is 190 g/mol. The standard InChI is InChI=1S/2K.H2O3S2/c;;1-5(2,3)4/h;;(H2,1,2,3,4). The van der Waals surface area contributed by atoms with Crippen molar-refractivity contribution in [3.05, 3.63) is 0 Å². The molecule has 7 heteroatoms. The van der Waals surface area contributed by atoms with Gasteiger partial charge in [-0.2, -0.15) is 4.21 Å². The van der Waals surface area contributed by atoms with Gasteiger partial charge in [0.05, 0.1) is 0 Å². The zero-order valence-corrected chi connectivity index (χ0v) is 12.0. The minimum absolute atomic E-state index is 0. The van der Waals surface area contributed by atoms with Crippen LogP contribution in [0.1, 0.15) is 0 Å². The third-order valence-electron chi connectivity index (χ3n) is 0. The van der Waals surface area contributed by atoms with Crippen LogP contribution < -0.4 is 0 Å². The first kappa shape index (κ1) is 16.9. The molecule has 0 bridgehead atoms. The maximum atomic E-state index is 9.11. The van der Waals surface area contributed by atoms with Crippen LogP contribution in [-0.2, 0) is 20.2 Å². The Hall–Kier alpha value is 3.56. The molecule has 0 spiro atoms. The summed E-state index contributed by atoms with van der Waals surface area (Å²) in [5.74, 6) is 0. The molecule has 0 fully saturated rings. The SMILES string of the molecule is O=S(O)(O)=S.[K].[K]. The van der Waals surface area contributed by atoms with Gasteiger partial charge in [-0.3, -0.25) is 9.11 Å². The van der Waals surface area contributed by atoms with E-state index < -0.39 is 9.05 Å². The van der Waals surface area contributed by atoms with Gasteiger partial charge in [0.15, 0.2) is 0 Å². The molecule has 0 aliphatic carbocycles. The van der Waals surface area contributed by atoms with Crippen molar-refractivity contribution in [3.63, 3.8) is 0 Å². The van der Waals surface area contributed by atoms with E-state index in [1.165, 1.54) is 0 Å². The molecule has 0 aromatic rings. The van der Waals surface area contributed by atoms with E-state index in [2.05, 4.69) is 11.2 Å². The molecule has 0 rings (SSSR count). The van der Waals surface area contributed by atoms with Gasteiger partial charge in [-0.05, 0) is 0 Å². The Labute approximate surface area is 132 Å². The van der Waals surface area contributed by atoms with Gasteiger partial charge in [-0.15, -0.1) is 0 Å². The third-order valence-corrected chi connectivity index (χ3v) is 0. The summed E-state index contributed by atoms with van der Waals surface area (Å²) < 4.78 is 24.0. The Kier molecular flexibility index (Phi) is 18.5. The molecule has 0 saturated carbocycles. The van der Waals surface area contributed by atoms with E-state index in [1.54, 1.807) is 0 Å². The molecule has 0 atom stereocenters. The fraction of sp³-hybridized carbons (Fsp3) is 0. The summed E-state index contributed by atoms with van der Waals surface area (Å²) in [5, 5.41) is 0. The second kappa shape index (κ2) is 7.67. The zero-order chi connectivity index (χ0) is 4.50. The minimum Gasteiger partial charge on any atom is -0.285 e. The van der Waals surface area contributed by atoms with Gasteiger partial charge in [0.1, 0.15) is 0 Å². The van der Waals surface area contributed by atoms with Crippen molar-refractivity contribution in [1.29, 1.82) is 0 Å². The number of rotatable bonds is 0. The first-order valence-electron chi connectivity index (χ1n) is 0.698. The normalized spacial score (nSPS) is 8.29. The van der Waals surface area contributed by atoms with Crippen molar-refractivity contribution in [2.45, 2.75) is 0 Å². The van der Waals surface area contributed by atoms with Crippen LogP contribution in [0.2, 0.25) is 0 Å². The fourth-order valence-corrected chi connectivity index (χ4v) is 0. The quantitative estimate of drug-likeness (QED) is 0.479. The summed E-state index contributed by atoms with van der Waals surface area (Å²) in [4.78, 5) is 0. The summed E-state index contributed by atoms with van der Waals surface area (Å²) >= 11 is 3.47. The Morgan fingerprint density at radius 3 is 1.29 bits per heavy atom. The van der Waals surface area contributed by atoms with Crippen LogP contribution in [0.5, 0.6) is 0 Å². The molecule has 0 amide bonds. The van der Waals surface area contributed by atoms with E-state index in [0.29, 0.717) is 0 Å². The summed E-state index contributed by atoms with van der Waals surface area (Å²) in [5.41, 5.74) is 0. The summed E-state index contributed by atoms with van der Waals surface area (Å²) in [6.07, 6.45) is 0. The van der Waals surface area contributed by atoms with Crippen molar-refractivity contribution >= 4 is 123 Å². The third kappa shape index (κ3) is 43.1. The first-order valence-corrected chi connectivity index (χ1v) is 3.10. The summed E-state index contributed by atoms with van der Waals surface area (Å²) in [7, 11) is -3.83. The van der Waals surface area contributed by atoms with Gasteiger partial charge < -0.3 is 0 Å². The van der Waals surface area contributed by atoms with Crippen molar-refractivity contribution in [2.75, 3.05) is 0 Å². The van der Waals surface area contributed by atoms with E-state index in [0.717, 1.165) is 0 Å². The Morgan fingerprint density at radius 2 is 1.29 bits per heavy atom. The van der Waals surface area contributed by atoms with E-state index in [-0.39, 0.29) is 103 Å². The Bertz CT molecular complexity index is 94.1. The molecule has 0 unspecified atom stereocenters. The molecule has 0 aliphatic heterocycles. The first-order chi connectivity index (χ1) is 2.00. The molecule has 0 aliphatic rings. The average Bonchev–Trinajstić information content (AvgIpc) is 0.722. The largest absolute Gasteiger partial charge is 0.285 e. The minimum atomic E-state index is -3.83. The van der Waals surface area contributed by atoms with Crippen molar-refractivity contribution in [1.82, 2.24) is 0 Å². The second-order valence-electron chi connectivity index (χ2n) is 0.448. The predicted octanol–water partition coefficient (Wildman–Crippen LogP) is -1.08. The van der Waals surface area contributed by atoms with Crippen LogP contribution in [-0.4, -0.2) is 116 Å². The molecule has 0 aromatic carbocycles. The Balaban J connectivity index is -0.0000000800. The molecule has 3 nitrogen and oxygen atoms in total. The van der Waals surface area contributed by atoms with Gasteiger partial charge >= 0.3 is 0 Å².